The van der Waals surface area contributed by atoms with Crippen LogP contribution in [0.1, 0.15) is 18.4 Å². The van der Waals surface area contributed by atoms with E-state index in [1.54, 1.807) is 18.9 Å². The lowest BCUT2D eigenvalue weighted by Gasteiger charge is -2.45. The molecule has 0 aromatic heterocycles. The molecule has 2 aliphatic rings. The van der Waals surface area contributed by atoms with Gasteiger partial charge in [-0.25, -0.2) is 4.99 Å². The molecule has 0 radical (unpaired) electrons. The van der Waals surface area contributed by atoms with E-state index in [2.05, 4.69) is 24.1 Å². The van der Waals surface area contributed by atoms with E-state index in [1.165, 1.54) is 0 Å². The Morgan fingerprint density at radius 1 is 1.04 bits per heavy atom. The van der Waals surface area contributed by atoms with Gasteiger partial charge >= 0.3 is 0 Å². The number of likely N-dealkylation sites (N-methyl/N-ethyl adjacent to an activating group) is 1. The molecule has 3 atom stereocenters. The molecule has 0 N–H and O–H groups in total. The molecular weight excluding hydrogens is 314 g/mol. The van der Waals surface area contributed by atoms with Gasteiger partial charge in [0.2, 0.25) is 5.91 Å². The van der Waals surface area contributed by atoms with E-state index in [0.29, 0.717) is 5.90 Å². The number of amides is 1. The van der Waals surface area contributed by atoms with Crippen LogP contribution in [0.4, 0.5) is 11.4 Å². The zero-order chi connectivity index (χ0) is 17.6. The maximum absolute atomic E-state index is 12.4. The van der Waals surface area contributed by atoms with E-state index in [1.807, 2.05) is 42.5 Å². The van der Waals surface area contributed by atoms with E-state index in [-0.39, 0.29) is 24.0 Å². The summed E-state index contributed by atoms with van der Waals surface area (Å²) in [6.07, 6.45) is -0.294. The van der Waals surface area contributed by atoms with Gasteiger partial charge in [0.05, 0.1) is 30.4 Å². The van der Waals surface area contributed by atoms with Gasteiger partial charge < -0.3 is 9.64 Å². The summed E-state index contributed by atoms with van der Waals surface area (Å²) in [5, 5.41) is 0. The highest BCUT2D eigenvalue weighted by molar-refractivity contribution is 6.00. The van der Waals surface area contributed by atoms with Crippen molar-refractivity contribution >= 4 is 23.2 Å². The minimum Gasteiger partial charge on any atom is -0.484 e. The van der Waals surface area contributed by atoms with Crippen LogP contribution in [-0.2, 0) is 9.53 Å². The number of nitrogens with zero attached hydrogens (tertiary/aromatic N) is 3. The van der Waals surface area contributed by atoms with Crippen molar-refractivity contribution < 1.29 is 9.53 Å². The van der Waals surface area contributed by atoms with Crippen molar-refractivity contribution in [3.63, 3.8) is 0 Å². The van der Waals surface area contributed by atoms with Gasteiger partial charge in [0.25, 0.3) is 0 Å². The molecule has 0 saturated heterocycles. The molecule has 0 unspecified atom stereocenters. The number of fused-ring (bicyclic) bond motifs is 2. The highest BCUT2D eigenvalue weighted by Crippen LogP contribution is 2.45. The summed E-state index contributed by atoms with van der Waals surface area (Å²) in [6.45, 7) is 1.59. The van der Waals surface area contributed by atoms with Crippen molar-refractivity contribution in [1.29, 1.82) is 0 Å². The summed E-state index contributed by atoms with van der Waals surface area (Å²) in [7, 11) is 3.72. The van der Waals surface area contributed by atoms with Gasteiger partial charge in [0.1, 0.15) is 0 Å². The molecule has 2 aromatic carbocycles. The van der Waals surface area contributed by atoms with Crippen molar-refractivity contribution in [3.05, 3.63) is 60.2 Å². The molecule has 25 heavy (non-hydrogen) atoms. The van der Waals surface area contributed by atoms with Crippen LogP contribution in [-0.4, -0.2) is 38.2 Å². The summed E-state index contributed by atoms with van der Waals surface area (Å²) in [4.78, 5) is 21.3. The van der Waals surface area contributed by atoms with Gasteiger partial charge in [-0.1, -0.05) is 42.5 Å². The summed E-state index contributed by atoms with van der Waals surface area (Å²) in [6, 6.07) is 18.2. The number of aliphatic imine (C=N–C) groups is 1. The third kappa shape index (κ3) is 2.30. The van der Waals surface area contributed by atoms with Gasteiger partial charge in [-0.3, -0.25) is 9.69 Å². The van der Waals surface area contributed by atoms with Gasteiger partial charge in [-0.15, -0.1) is 0 Å². The number of carbonyl (C=O) groups is 1. The van der Waals surface area contributed by atoms with Crippen molar-refractivity contribution in [2.75, 3.05) is 24.0 Å². The third-order valence-electron chi connectivity index (χ3n) is 5.11. The third-order valence-corrected chi connectivity index (χ3v) is 5.11. The second-order valence-electron chi connectivity index (χ2n) is 6.45. The summed E-state index contributed by atoms with van der Waals surface area (Å²) >= 11 is 0. The molecule has 0 aliphatic carbocycles. The van der Waals surface area contributed by atoms with Crippen LogP contribution in [0.15, 0.2) is 59.6 Å². The number of carbonyl (C=O) groups excluding carboxylic acids is 1. The number of hydrogen-bond acceptors (Lipinski definition) is 4. The average molecular weight is 335 g/mol. The second-order valence-corrected chi connectivity index (χ2v) is 6.45. The number of rotatable bonds is 1. The summed E-state index contributed by atoms with van der Waals surface area (Å²) < 4.78 is 5.63. The zero-order valence-corrected chi connectivity index (χ0v) is 14.6. The van der Waals surface area contributed by atoms with Gasteiger partial charge in [0.15, 0.2) is 12.1 Å². The molecule has 5 nitrogen and oxygen atoms in total. The number of para-hydroxylation sites is 2. The molecule has 2 heterocycles. The molecule has 0 fully saturated rings. The monoisotopic (exact) mass is 335 g/mol. The number of benzene rings is 2. The Labute approximate surface area is 147 Å². The summed E-state index contributed by atoms with van der Waals surface area (Å²) in [5.74, 6) is 0.645. The Bertz CT molecular complexity index is 834. The summed E-state index contributed by atoms with van der Waals surface area (Å²) in [5.41, 5.74) is 3.07. The number of methoxy groups -OCH3 is 1. The second kappa shape index (κ2) is 5.92. The van der Waals surface area contributed by atoms with Crippen LogP contribution >= 0.6 is 0 Å². The first-order valence-electron chi connectivity index (χ1n) is 8.41. The fourth-order valence-corrected chi connectivity index (χ4v) is 4.04. The Morgan fingerprint density at radius 2 is 1.68 bits per heavy atom. The molecule has 0 saturated carbocycles. The number of ether oxygens (including phenoxy) is 1. The van der Waals surface area contributed by atoms with Crippen molar-refractivity contribution in [2.45, 2.75) is 25.0 Å². The highest BCUT2D eigenvalue weighted by Gasteiger charge is 2.50. The first kappa shape index (κ1) is 15.7. The van der Waals surface area contributed by atoms with E-state index >= 15 is 0 Å². The normalized spacial score (nSPS) is 24.4. The minimum atomic E-state index is -0.294. The van der Waals surface area contributed by atoms with Crippen LogP contribution < -0.4 is 9.80 Å². The largest absolute Gasteiger partial charge is 0.484 e. The first-order valence-corrected chi connectivity index (χ1v) is 8.41. The van der Waals surface area contributed by atoms with E-state index in [4.69, 9.17) is 9.73 Å². The lowest BCUT2D eigenvalue weighted by atomic mass is 9.88. The van der Waals surface area contributed by atoms with E-state index in [0.717, 1.165) is 16.9 Å². The Kier molecular flexibility index (Phi) is 3.71. The minimum absolute atomic E-state index is 0.00356. The molecule has 2 aliphatic heterocycles. The van der Waals surface area contributed by atoms with Gasteiger partial charge in [0, 0.05) is 14.0 Å². The highest BCUT2D eigenvalue weighted by atomic mass is 16.5. The lowest BCUT2D eigenvalue weighted by molar-refractivity contribution is -0.117. The van der Waals surface area contributed by atoms with Crippen LogP contribution in [0.3, 0.4) is 0 Å². The maximum atomic E-state index is 12.4. The predicted octanol–water partition coefficient (Wildman–Crippen LogP) is 3.03. The SMILES string of the molecule is COC1=N[C@@H]2[C@@H]([C@H]1c1ccccc1)N(C)c1ccccc1N2C(C)=O. The van der Waals surface area contributed by atoms with Crippen LogP contribution in [0, 0.1) is 0 Å². The molecule has 2 aromatic rings. The Morgan fingerprint density at radius 3 is 2.32 bits per heavy atom. The Balaban J connectivity index is 1.88. The topological polar surface area (TPSA) is 45.1 Å². The molecule has 5 heteroatoms. The van der Waals surface area contributed by atoms with Crippen molar-refractivity contribution in [1.82, 2.24) is 0 Å². The lowest BCUT2D eigenvalue weighted by Crippen LogP contribution is -2.56. The molecule has 1 amide bonds. The fourth-order valence-electron chi connectivity index (χ4n) is 4.04. The predicted molar refractivity (Wildman–Crippen MR) is 99.2 cm³/mol. The van der Waals surface area contributed by atoms with E-state index < -0.39 is 0 Å². The van der Waals surface area contributed by atoms with Crippen LogP contribution in [0.5, 0.6) is 0 Å². The number of hydrogen-bond donors (Lipinski definition) is 0. The van der Waals surface area contributed by atoms with Crippen molar-refractivity contribution in [3.8, 4) is 0 Å². The van der Waals surface area contributed by atoms with Crippen molar-refractivity contribution in [2.24, 2.45) is 4.99 Å². The average Bonchev–Trinajstić information content (AvgIpc) is 3.02. The molecule has 4 rings (SSSR count). The molecule has 0 spiro atoms. The fraction of sp³-hybridized carbons (Fsp3) is 0.300. The first-order chi connectivity index (χ1) is 12.1. The Hall–Kier alpha value is -2.82. The molecule has 0 bridgehead atoms. The smallest absolute Gasteiger partial charge is 0.225 e. The van der Waals surface area contributed by atoms with Gasteiger partial charge in [-0.05, 0) is 17.7 Å². The van der Waals surface area contributed by atoms with Crippen LogP contribution in [0.2, 0.25) is 0 Å². The molecule has 128 valence electrons. The standard InChI is InChI=1S/C20H21N3O2/c1-13(24)23-16-12-8-7-11-15(16)22(2)18-17(14-9-5-4-6-10-14)20(25-3)21-19(18)23/h4-12,17-19H,1-3H3/t17-,18-,19+/m1/s1. The van der Waals surface area contributed by atoms with E-state index in [9.17, 15) is 4.79 Å². The van der Waals surface area contributed by atoms with Crippen LogP contribution in [0.25, 0.3) is 0 Å². The van der Waals surface area contributed by atoms with Gasteiger partial charge in [-0.2, -0.15) is 0 Å². The molecular formula is C20H21N3O2. The zero-order valence-electron chi connectivity index (χ0n) is 14.6. The number of anilines is 2. The maximum Gasteiger partial charge on any atom is 0.225 e. The quantitative estimate of drug-likeness (QED) is 0.805.